The number of hydrogen-bond acceptors (Lipinski definition) is 3. The maximum absolute atomic E-state index is 13.5. The highest BCUT2D eigenvalue weighted by molar-refractivity contribution is 6.31. The molecule has 160 valence electrons. The third kappa shape index (κ3) is 3.51. The molecule has 0 bridgehead atoms. The van der Waals surface area contributed by atoms with Crippen molar-refractivity contribution in [2.45, 2.75) is 25.8 Å². The van der Waals surface area contributed by atoms with Crippen LogP contribution in [0.2, 0.25) is 5.02 Å². The average Bonchev–Trinajstić information content (AvgIpc) is 3.10. The molecule has 4 nitrogen and oxygen atoms in total. The third-order valence-corrected chi connectivity index (χ3v) is 6.35. The second-order valence-corrected chi connectivity index (χ2v) is 8.48. The van der Waals surface area contributed by atoms with E-state index in [-0.39, 0.29) is 17.1 Å². The lowest BCUT2D eigenvalue weighted by Crippen LogP contribution is -2.31. The second-order valence-electron chi connectivity index (χ2n) is 8.05. The van der Waals surface area contributed by atoms with E-state index < -0.39 is 6.04 Å². The maximum Gasteiger partial charge on any atom is 0.290 e. The number of halogens is 1. The topological polar surface area (TPSA) is 50.5 Å². The Morgan fingerprint density at radius 3 is 2.41 bits per heavy atom. The largest absolute Gasteiger partial charge is 0.450 e. The van der Waals surface area contributed by atoms with Crippen LogP contribution in [0.25, 0.3) is 11.0 Å². The molecule has 0 spiro atoms. The summed E-state index contributed by atoms with van der Waals surface area (Å²) in [5.41, 5.74) is 3.79. The number of fused-ring (bicyclic) bond motifs is 2. The highest BCUT2D eigenvalue weighted by Crippen LogP contribution is 2.38. The molecule has 5 heteroatoms. The lowest BCUT2D eigenvalue weighted by molar-refractivity contribution is 0.0730. The van der Waals surface area contributed by atoms with E-state index in [2.05, 4.69) is 6.92 Å². The van der Waals surface area contributed by atoms with E-state index in [0.717, 1.165) is 17.5 Å². The van der Waals surface area contributed by atoms with Crippen molar-refractivity contribution in [3.05, 3.63) is 116 Å². The zero-order chi connectivity index (χ0) is 22.2. The summed E-state index contributed by atoms with van der Waals surface area (Å²) in [6.07, 6.45) is 1.60. The van der Waals surface area contributed by atoms with Gasteiger partial charge >= 0.3 is 0 Å². The van der Waals surface area contributed by atoms with Gasteiger partial charge < -0.3 is 9.32 Å². The van der Waals surface area contributed by atoms with Gasteiger partial charge in [-0.2, -0.15) is 0 Å². The fourth-order valence-electron chi connectivity index (χ4n) is 4.40. The molecule has 1 aliphatic heterocycles. The van der Waals surface area contributed by atoms with E-state index in [0.29, 0.717) is 34.5 Å². The van der Waals surface area contributed by atoms with E-state index >= 15 is 0 Å². The molecule has 0 N–H and O–H groups in total. The van der Waals surface area contributed by atoms with Crippen LogP contribution < -0.4 is 5.43 Å². The van der Waals surface area contributed by atoms with Crippen molar-refractivity contribution in [1.29, 1.82) is 0 Å². The Labute approximate surface area is 191 Å². The van der Waals surface area contributed by atoms with Gasteiger partial charge in [0.2, 0.25) is 5.76 Å². The van der Waals surface area contributed by atoms with Crippen LogP contribution in [-0.2, 0) is 12.8 Å². The van der Waals surface area contributed by atoms with Gasteiger partial charge in [-0.1, -0.05) is 73.1 Å². The minimum Gasteiger partial charge on any atom is -0.450 e. The Hall–Kier alpha value is -3.37. The summed E-state index contributed by atoms with van der Waals surface area (Å²) in [4.78, 5) is 28.8. The van der Waals surface area contributed by atoms with Gasteiger partial charge in [0.05, 0.1) is 17.0 Å². The molecule has 0 fully saturated rings. The smallest absolute Gasteiger partial charge is 0.290 e. The first-order valence-corrected chi connectivity index (χ1v) is 11.1. The van der Waals surface area contributed by atoms with Gasteiger partial charge in [0.1, 0.15) is 5.58 Å². The molecule has 0 saturated heterocycles. The van der Waals surface area contributed by atoms with Gasteiger partial charge in [0.15, 0.2) is 5.43 Å². The predicted octanol–water partition coefficient (Wildman–Crippen LogP) is 5.80. The molecule has 1 aliphatic rings. The first-order chi connectivity index (χ1) is 15.6. The van der Waals surface area contributed by atoms with E-state index in [4.69, 9.17) is 16.0 Å². The minimum atomic E-state index is -0.494. The quantitative estimate of drug-likeness (QED) is 0.392. The Balaban J connectivity index is 1.65. The van der Waals surface area contributed by atoms with E-state index in [1.165, 1.54) is 5.56 Å². The summed E-state index contributed by atoms with van der Waals surface area (Å²) in [5.74, 6) is -0.128. The number of benzene rings is 3. The molecular weight excluding hydrogens is 422 g/mol. The lowest BCUT2D eigenvalue weighted by Gasteiger charge is -2.25. The van der Waals surface area contributed by atoms with Crippen molar-refractivity contribution in [3.63, 3.8) is 0 Å². The van der Waals surface area contributed by atoms with Gasteiger partial charge in [0.25, 0.3) is 5.91 Å². The summed E-state index contributed by atoms with van der Waals surface area (Å²) in [5, 5.41) is 0.850. The second kappa shape index (κ2) is 8.29. The predicted molar refractivity (Wildman–Crippen MR) is 126 cm³/mol. The third-order valence-electron chi connectivity index (χ3n) is 6.12. The maximum atomic E-state index is 13.5. The normalized spacial score (nSPS) is 15.4. The first kappa shape index (κ1) is 20.5. The van der Waals surface area contributed by atoms with Crippen LogP contribution in [0, 0.1) is 0 Å². The van der Waals surface area contributed by atoms with Crippen molar-refractivity contribution in [2.75, 3.05) is 6.54 Å². The summed E-state index contributed by atoms with van der Waals surface area (Å²) in [7, 11) is 0. The summed E-state index contributed by atoms with van der Waals surface area (Å²) < 4.78 is 5.98. The summed E-state index contributed by atoms with van der Waals surface area (Å²) in [6, 6.07) is 22.5. The van der Waals surface area contributed by atoms with Gasteiger partial charge in [-0.3, -0.25) is 9.59 Å². The van der Waals surface area contributed by atoms with Gasteiger partial charge in [-0.05, 0) is 47.7 Å². The average molecular weight is 444 g/mol. The summed E-state index contributed by atoms with van der Waals surface area (Å²) >= 11 is 6.15. The lowest BCUT2D eigenvalue weighted by atomic mass is 9.97. The SMILES string of the molecule is CCc1ccc(C2c3c(oc4ccc(Cl)cc4c3=O)C(=O)N2CCc2ccccc2)cc1. The number of amides is 1. The number of hydrogen-bond donors (Lipinski definition) is 0. The highest BCUT2D eigenvalue weighted by Gasteiger charge is 2.42. The van der Waals surface area contributed by atoms with Crippen molar-refractivity contribution < 1.29 is 9.21 Å². The van der Waals surface area contributed by atoms with Gasteiger partial charge in [0, 0.05) is 11.6 Å². The fraction of sp³-hybridized carbons (Fsp3) is 0.185. The zero-order valence-electron chi connectivity index (χ0n) is 17.7. The number of nitrogens with zero attached hydrogens (tertiary/aromatic N) is 1. The fourth-order valence-corrected chi connectivity index (χ4v) is 4.57. The molecule has 1 aromatic heterocycles. The van der Waals surface area contributed by atoms with Crippen LogP contribution in [0.3, 0.4) is 0 Å². The molecular formula is C27H22ClNO3. The monoisotopic (exact) mass is 443 g/mol. The van der Waals surface area contributed by atoms with Crippen LogP contribution in [-0.4, -0.2) is 17.4 Å². The van der Waals surface area contributed by atoms with E-state index in [1.807, 2.05) is 54.6 Å². The number of carbonyl (C=O) groups is 1. The number of rotatable bonds is 5. The molecule has 0 radical (unpaired) electrons. The Morgan fingerprint density at radius 1 is 0.938 bits per heavy atom. The summed E-state index contributed by atoms with van der Waals surface area (Å²) in [6.45, 7) is 2.57. The Kier molecular flexibility index (Phi) is 5.32. The zero-order valence-corrected chi connectivity index (χ0v) is 18.4. The molecule has 1 amide bonds. The van der Waals surface area contributed by atoms with Crippen molar-refractivity contribution in [3.8, 4) is 0 Å². The molecule has 3 aromatic carbocycles. The molecule has 1 atom stereocenters. The van der Waals surface area contributed by atoms with Crippen molar-refractivity contribution >= 4 is 28.5 Å². The van der Waals surface area contributed by atoms with Crippen LogP contribution in [0.4, 0.5) is 0 Å². The van der Waals surface area contributed by atoms with Crippen LogP contribution >= 0.6 is 11.6 Å². The van der Waals surface area contributed by atoms with Crippen molar-refractivity contribution in [1.82, 2.24) is 4.90 Å². The molecule has 0 aliphatic carbocycles. The van der Waals surface area contributed by atoms with E-state index in [9.17, 15) is 9.59 Å². The highest BCUT2D eigenvalue weighted by atomic mass is 35.5. The van der Waals surface area contributed by atoms with Gasteiger partial charge in [-0.25, -0.2) is 0 Å². The van der Waals surface area contributed by atoms with Crippen LogP contribution in [0.1, 0.15) is 45.8 Å². The molecule has 1 unspecified atom stereocenters. The Morgan fingerprint density at radius 2 is 1.69 bits per heavy atom. The van der Waals surface area contributed by atoms with E-state index in [1.54, 1.807) is 23.1 Å². The van der Waals surface area contributed by atoms with Crippen molar-refractivity contribution in [2.24, 2.45) is 0 Å². The minimum absolute atomic E-state index is 0.127. The number of aryl methyl sites for hydroxylation is 1. The molecule has 4 aromatic rings. The first-order valence-electron chi connectivity index (χ1n) is 10.8. The standard InChI is InChI=1S/C27H22ClNO3/c1-2-17-8-10-19(11-9-17)24-23-25(30)21-16-20(28)12-13-22(21)32-26(23)27(31)29(24)15-14-18-6-4-3-5-7-18/h3-13,16,24H,2,14-15H2,1H3. The number of carbonyl (C=O) groups excluding carboxylic acids is 1. The molecule has 32 heavy (non-hydrogen) atoms. The van der Waals surface area contributed by atoms with Gasteiger partial charge in [-0.15, -0.1) is 0 Å². The van der Waals surface area contributed by atoms with Crippen LogP contribution in [0.5, 0.6) is 0 Å². The van der Waals surface area contributed by atoms with Crippen LogP contribution in [0.15, 0.2) is 82.0 Å². The Bertz CT molecular complexity index is 1360. The molecule has 5 rings (SSSR count). The molecule has 2 heterocycles. The molecule has 0 saturated carbocycles.